The molecule has 1 atom stereocenters. The van der Waals surface area contributed by atoms with E-state index in [9.17, 15) is 5.11 Å². The second-order valence-corrected chi connectivity index (χ2v) is 6.11. The number of hydrogen-bond acceptors (Lipinski definition) is 3. The highest BCUT2D eigenvalue weighted by molar-refractivity contribution is 5.55. The molecule has 1 N–H and O–H groups in total. The van der Waals surface area contributed by atoms with Crippen molar-refractivity contribution in [3.05, 3.63) is 29.8 Å². The SMILES string of the molecule is OC1CCCN(CCCN2CCCC2)c2ccccc21. The second kappa shape index (κ2) is 6.59. The minimum Gasteiger partial charge on any atom is -0.388 e. The summed E-state index contributed by atoms with van der Waals surface area (Å²) in [6.07, 6.45) is 5.66. The van der Waals surface area contributed by atoms with Gasteiger partial charge in [0.1, 0.15) is 0 Å². The van der Waals surface area contributed by atoms with E-state index in [1.165, 1.54) is 44.6 Å². The van der Waals surface area contributed by atoms with Gasteiger partial charge in [0, 0.05) is 24.3 Å². The smallest absolute Gasteiger partial charge is 0.0810 e. The molecular formula is C17H26N2O. The summed E-state index contributed by atoms with van der Waals surface area (Å²) < 4.78 is 0. The largest absolute Gasteiger partial charge is 0.388 e. The molecule has 110 valence electrons. The van der Waals surface area contributed by atoms with Gasteiger partial charge in [-0.25, -0.2) is 0 Å². The molecule has 0 amide bonds. The molecule has 0 aromatic heterocycles. The third-order valence-electron chi connectivity index (χ3n) is 4.64. The van der Waals surface area contributed by atoms with E-state index in [4.69, 9.17) is 0 Å². The standard InChI is InChI=1S/C17H26N2O/c20-17-9-5-13-19(16-8-2-1-7-15(16)17)14-6-12-18-10-3-4-11-18/h1-2,7-8,17,20H,3-6,9-14H2. The molecule has 1 aromatic carbocycles. The molecule has 3 rings (SSSR count). The van der Waals surface area contributed by atoms with Gasteiger partial charge in [0.25, 0.3) is 0 Å². The number of benzene rings is 1. The van der Waals surface area contributed by atoms with Crippen LogP contribution in [-0.2, 0) is 0 Å². The van der Waals surface area contributed by atoms with Crippen molar-refractivity contribution >= 4 is 5.69 Å². The Morgan fingerprint density at radius 1 is 1.00 bits per heavy atom. The number of hydrogen-bond donors (Lipinski definition) is 1. The minimum atomic E-state index is -0.283. The number of aliphatic hydroxyl groups is 1. The number of anilines is 1. The molecule has 1 saturated heterocycles. The first-order chi connectivity index (χ1) is 9.84. The monoisotopic (exact) mass is 274 g/mol. The number of rotatable bonds is 4. The third kappa shape index (κ3) is 3.15. The fourth-order valence-electron chi connectivity index (χ4n) is 3.53. The van der Waals surface area contributed by atoms with Crippen LogP contribution in [0.4, 0.5) is 5.69 Å². The molecule has 1 unspecified atom stereocenters. The molecule has 0 spiro atoms. The van der Waals surface area contributed by atoms with Crippen molar-refractivity contribution in [1.82, 2.24) is 4.90 Å². The highest BCUT2D eigenvalue weighted by atomic mass is 16.3. The van der Waals surface area contributed by atoms with Crippen molar-refractivity contribution in [2.75, 3.05) is 37.6 Å². The van der Waals surface area contributed by atoms with Gasteiger partial charge in [-0.15, -0.1) is 0 Å². The first kappa shape index (κ1) is 13.9. The van der Waals surface area contributed by atoms with Gasteiger partial charge in [-0.05, 0) is 57.8 Å². The lowest BCUT2D eigenvalue weighted by atomic mass is 10.0. The topological polar surface area (TPSA) is 26.7 Å². The van der Waals surface area contributed by atoms with Gasteiger partial charge in [0.15, 0.2) is 0 Å². The van der Waals surface area contributed by atoms with Crippen LogP contribution in [-0.4, -0.2) is 42.7 Å². The lowest BCUT2D eigenvalue weighted by Gasteiger charge is -2.26. The Bertz CT molecular complexity index is 429. The lowest BCUT2D eigenvalue weighted by Crippen LogP contribution is -2.29. The van der Waals surface area contributed by atoms with Crippen LogP contribution in [0.1, 0.15) is 43.8 Å². The quantitative estimate of drug-likeness (QED) is 0.914. The lowest BCUT2D eigenvalue weighted by molar-refractivity contribution is 0.168. The first-order valence-corrected chi connectivity index (χ1v) is 8.09. The fourth-order valence-corrected chi connectivity index (χ4v) is 3.53. The van der Waals surface area contributed by atoms with E-state index in [-0.39, 0.29) is 6.10 Å². The Balaban J connectivity index is 1.61. The number of likely N-dealkylation sites (tertiary alicyclic amines) is 1. The molecule has 0 radical (unpaired) electrons. The van der Waals surface area contributed by atoms with Crippen molar-refractivity contribution in [3.8, 4) is 0 Å². The summed E-state index contributed by atoms with van der Waals surface area (Å²) in [6.45, 7) is 5.99. The van der Waals surface area contributed by atoms with E-state index in [0.29, 0.717) is 0 Å². The highest BCUT2D eigenvalue weighted by Crippen LogP contribution is 2.32. The summed E-state index contributed by atoms with van der Waals surface area (Å²) in [4.78, 5) is 5.06. The maximum atomic E-state index is 10.2. The molecule has 2 aliphatic rings. The fraction of sp³-hybridized carbons (Fsp3) is 0.647. The van der Waals surface area contributed by atoms with Crippen LogP contribution in [0.15, 0.2) is 24.3 Å². The van der Waals surface area contributed by atoms with Crippen LogP contribution in [0.5, 0.6) is 0 Å². The normalized spacial score (nSPS) is 23.6. The first-order valence-electron chi connectivity index (χ1n) is 8.09. The number of fused-ring (bicyclic) bond motifs is 1. The molecule has 0 bridgehead atoms. The van der Waals surface area contributed by atoms with Gasteiger partial charge in [-0.1, -0.05) is 18.2 Å². The Hall–Kier alpha value is -1.06. The zero-order valence-corrected chi connectivity index (χ0v) is 12.3. The summed E-state index contributed by atoms with van der Waals surface area (Å²) in [7, 11) is 0. The summed E-state index contributed by atoms with van der Waals surface area (Å²) >= 11 is 0. The molecule has 2 aliphatic heterocycles. The summed E-state index contributed by atoms with van der Waals surface area (Å²) in [5.41, 5.74) is 2.37. The summed E-state index contributed by atoms with van der Waals surface area (Å²) in [5, 5.41) is 10.2. The number of nitrogens with zero attached hydrogens (tertiary/aromatic N) is 2. The maximum absolute atomic E-state index is 10.2. The van der Waals surface area contributed by atoms with Crippen LogP contribution < -0.4 is 4.90 Å². The summed E-state index contributed by atoms with van der Waals surface area (Å²) in [6, 6.07) is 8.37. The van der Waals surface area contributed by atoms with E-state index in [1.54, 1.807) is 0 Å². The van der Waals surface area contributed by atoms with Crippen LogP contribution in [0.2, 0.25) is 0 Å². The number of aliphatic hydroxyl groups excluding tert-OH is 1. The van der Waals surface area contributed by atoms with Crippen LogP contribution >= 0.6 is 0 Å². The van der Waals surface area contributed by atoms with E-state index in [2.05, 4.69) is 28.0 Å². The highest BCUT2D eigenvalue weighted by Gasteiger charge is 2.20. The summed E-state index contributed by atoms with van der Waals surface area (Å²) in [5.74, 6) is 0. The van der Waals surface area contributed by atoms with Gasteiger partial charge in [-0.3, -0.25) is 0 Å². The maximum Gasteiger partial charge on any atom is 0.0810 e. The molecule has 0 aliphatic carbocycles. The van der Waals surface area contributed by atoms with Crippen LogP contribution in [0.3, 0.4) is 0 Å². The molecule has 2 heterocycles. The second-order valence-electron chi connectivity index (χ2n) is 6.11. The predicted octanol–water partition coefficient (Wildman–Crippen LogP) is 2.81. The van der Waals surface area contributed by atoms with Crippen molar-refractivity contribution in [2.45, 2.75) is 38.2 Å². The van der Waals surface area contributed by atoms with Crippen molar-refractivity contribution in [1.29, 1.82) is 0 Å². The molecule has 0 saturated carbocycles. The van der Waals surface area contributed by atoms with Gasteiger partial charge >= 0.3 is 0 Å². The molecule has 1 fully saturated rings. The molecule has 3 heteroatoms. The Kier molecular flexibility index (Phi) is 4.58. The van der Waals surface area contributed by atoms with E-state index >= 15 is 0 Å². The van der Waals surface area contributed by atoms with Crippen molar-refractivity contribution in [3.63, 3.8) is 0 Å². The Labute approximate surface area is 122 Å². The third-order valence-corrected chi connectivity index (χ3v) is 4.64. The average Bonchev–Trinajstić information content (AvgIpc) is 2.93. The van der Waals surface area contributed by atoms with Gasteiger partial charge in [0.05, 0.1) is 6.10 Å². The molecule has 1 aromatic rings. The zero-order valence-electron chi connectivity index (χ0n) is 12.3. The average molecular weight is 274 g/mol. The van der Waals surface area contributed by atoms with E-state index in [1.807, 2.05) is 6.07 Å². The van der Waals surface area contributed by atoms with Crippen molar-refractivity contribution in [2.24, 2.45) is 0 Å². The van der Waals surface area contributed by atoms with Gasteiger partial charge in [-0.2, -0.15) is 0 Å². The van der Waals surface area contributed by atoms with E-state index in [0.717, 1.165) is 31.5 Å². The molecular weight excluding hydrogens is 248 g/mol. The Morgan fingerprint density at radius 2 is 1.80 bits per heavy atom. The zero-order chi connectivity index (χ0) is 13.8. The van der Waals surface area contributed by atoms with Crippen molar-refractivity contribution < 1.29 is 5.11 Å². The van der Waals surface area contributed by atoms with Gasteiger partial charge < -0.3 is 14.9 Å². The predicted molar refractivity (Wildman–Crippen MR) is 83.1 cm³/mol. The van der Waals surface area contributed by atoms with Crippen LogP contribution in [0, 0.1) is 0 Å². The Morgan fingerprint density at radius 3 is 2.65 bits per heavy atom. The van der Waals surface area contributed by atoms with Gasteiger partial charge in [0.2, 0.25) is 0 Å². The minimum absolute atomic E-state index is 0.283. The number of para-hydroxylation sites is 1. The molecule has 20 heavy (non-hydrogen) atoms. The molecule has 3 nitrogen and oxygen atoms in total. The van der Waals surface area contributed by atoms with E-state index < -0.39 is 0 Å². The van der Waals surface area contributed by atoms with Crippen LogP contribution in [0.25, 0.3) is 0 Å².